The highest BCUT2D eigenvalue weighted by molar-refractivity contribution is 8.69. The van der Waals surface area contributed by atoms with Crippen molar-refractivity contribution in [2.75, 3.05) is 26.4 Å². The Morgan fingerprint density at radius 1 is 1.33 bits per heavy atom. The topological polar surface area (TPSA) is 57.6 Å². The second-order valence-corrected chi connectivity index (χ2v) is 6.23. The highest BCUT2D eigenvalue weighted by Crippen LogP contribution is 2.11. The first-order valence-electron chi connectivity index (χ1n) is 3.68. The Kier molecular flexibility index (Phi) is 5.90. The zero-order valence-electron chi connectivity index (χ0n) is 7.36. The van der Waals surface area contributed by atoms with Gasteiger partial charge in [-0.3, -0.25) is 4.55 Å². The zero-order valence-corrected chi connectivity index (χ0v) is 8.99. The van der Waals surface area contributed by atoms with Gasteiger partial charge < -0.3 is 4.90 Å². The molecule has 0 rings (SSSR count). The molecule has 4 nitrogen and oxygen atoms in total. The molecule has 0 aromatic carbocycles. The molecule has 12 heavy (non-hydrogen) atoms. The fraction of sp³-hybridized carbons (Fsp3) is 1.00. The highest BCUT2D eigenvalue weighted by atomic mass is 33.1. The highest BCUT2D eigenvalue weighted by Gasteiger charge is 2.03. The molecule has 0 amide bonds. The second kappa shape index (κ2) is 5.80. The molecule has 0 saturated carbocycles. The van der Waals surface area contributed by atoms with E-state index >= 15 is 0 Å². The number of unbranched alkanes of at least 4 members (excludes halogenated alkanes) is 1. The van der Waals surface area contributed by atoms with E-state index in [0.717, 1.165) is 19.4 Å². The fourth-order valence-corrected chi connectivity index (χ4v) is 2.21. The summed E-state index contributed by atoms with van der Waals surface area (Å²) in [5.41, 5.74) is 0. The predicted molar refractivity (Wildman–Crippen MR) is 51.8 cm³/mol. The van der Waals surface area contributed by atoms with E-state index < -0.39 is 9.15 Å². The van der Waals surface area contributed by atoms with Crippen LogP contribution in [0.25, 0.3) is 0 Å². The van der Waals surface area contributed by atoms with Gasteiger partial charge >= 0.3 is 9.15 Å². The Balaban J connectivity index is 3.23. The molecule has 1 N–H and O–H groups in total. The molecule has 0 bridgehead atoms. The summed E-state index contributed by atoms with van der Waals surface area (Å²) in [5, 5.41) is 0. The molecule has 74 valence electrons. The Morgan fingerprint density at radius 3 is 2.33 bits per heavy atom. The maximum atomic E-state index is 10.2. The molecular weight excluding hydrogens is 198 g/mol. The van der Waals surface area contributed by atoms with E-state index in [4.69, 9.17) is 4.55 Å². The van der Waals surface area contributed by atoms with Crippen LogP contribution in [0.4, 0.5) is 0 Å². The van der Waals surface area contributed by atoms with Gasteiger partial charge in [0.2, 0.25) is 0 Å². The van der Waals surface area contributed by atoms with Gasteiger partial charge in [0.1, 0.15) is 0 Å². The monoisotopic (exact) mass is 213 g/mol. The summed E-state index contributed by atoms with van der Waals surface area (Å²) in [6.45, 7) is 0.950. The van der Waals surface area contributed by atoms with E-state index in [-0.39, 0.29) is 0 Å². The van der Waals surface area contributed by atoms with Crippen LogP contribution in [0.5, 0.6) is 0 Å². The molecule has 0 aromatic rings. The average molecular weight is 213 g/mol. The van der Waals surface area contributed by atoms with Crippen molar-refractivity contribution in [3.8, 4) is 0 Å². The van der Waals surface area contributed by atoms with E-state index in [1.807, 2.05) is 19.0 Å². The van der Waals surface area contributed by atoms with Crippen LogP contribution in [0.2, 0.25) is 0 Å². The van der Waals surface area contributed by atoms with Crippen molar-refractivity contribution in [2.45, 2.75) is 12.8 Å². The first-order chi connectivity index (χ1) is 5.42. The van der Waals surface area contributed by atoms with Gasteiger partial charge in [0, 0.05) is 5.75 Å². The van der Waals surface area contributed by atoms with E-state index in [2.05, 4.69) is 0 Å². The van der Waals surface area contributed by atoms with E-state index in [1.165, 1.54) is 0 Å². The maximum Gasteiger partial charge on any atom is 0.319 e. The lowest BCUT2D eigenvalue weighted by Crippen LogP contribution is -2.12. The van der Waals surface area contributed by atoms with Gasteiger partial charge in [-0.05, 0) is 44.3 Å². The number of nitrogens with zero attached hydrogens (tertiary/aromatic N) is 1. The van der Waals surface area contributed by atoms with E-state index in [0.29, 0.717) is 16.5 Å². The molecule has 0 radical (unpaired) electrons. The summed E-state index contributed by atoms with van der Waals surface area (Å²) in [6, 6.07) is 0. The van der Waals surface area contributed by atoms with Gasteiger partial charge in [-0.2, -0.15) is 8.42 Å². The molecule has 0 saturated heterocycles. The van der Waals surface area contributed by atoms with Crippen LogP contribution in [0.15, 0.2) is 0 Å². The fourth-order valence-electron chi connectivity index (χ4n) is 0.694. The number of rotatable bonds is 6. The van der Waals surface area contributed by atoms with Crippen molar-refractivity contribution in [1.29, 1.82) is 0 Å². The van der Waals surface area contributed by atoms with Crippen molar-refractivity contribution in [3.63, 3.8) is 0 Å². The van der Waals surface area contributed by atoms with Gasteiger partial charge in [0.25, 0.3) is 0 Å². The molecule has 6 heteroatoms. The number of hydrogen-bond acceptors (Lipinski definition) is 4. The van der Waals surface area contributed by atoms with Crippen molar-refractivity contribution in [3.05, 3.63) is 0 Å². The molecule has 0 unspecified atom stereocenters. The predicted octanol–water partition coefficient (Wildman–Crippen LogP) is 0.864. The first kappa shape index (κ1) is 12.2. The van der Waals surface area contributed by atoms with Crippen LogP contribution in [-0.4, -0.2) is 44.3 Å². The molecule has 0 spiro atoms. The zero-order chi connectivity index (χ0) is 9.61. The van der Waals surface area contributed by atoms with E-state index in [9.17, 15) is 8.42 Å². The van der Waals surface area contributed by atoms with Crippen LogP contribution < -0.4 is 0 Å². The van der Waals surface area contributed by atoms with Crippen LogP contribution in [0.1, 0.15) is 12.8 Å². The quantitative estimate of drug-likeness (QED) is 0.403. The molecule has 0 heterocycles. The van der Waals surface area contributed by atoms with Gasteiger partial charge in [0.15, 0.2) is 0 Å². The summed E-state index contributed by atoms with van der Waals surface area (Å²) < 4.78 is 28.8. The van der Waals surface area contributed by atoms with Gasteiger partial charge in [-0.25, -0.2) is 0 Å². The Hall–Kier alpha value is 0.220. The molecule has 0 fully saturated rings. The first-order valence-corrected chi connectivity index (χ1v) is 6.62. The van der Waals surface area contributed by atoms with Crippen molar-refractivity contribution < 1.29 is 13.0 Å². The lowest BCUT2D eigenvalue weighted by molar-refractivity contribution is 0.399. The Bertz CT molecular complexity index is 201. The summed E-state index contributed by atoms with van der Waals surface area (Å²) in [6.07, 6.45) is 1.76. The summed E-state index contributed by atoms with van der Waals surface area (Å²) in [4.78, 5) is 2.04. The van der Waals surface area contributed by atoms with Gasteiger partial charge in [-0.15, -0.1) is 0 Å². The minimum atomic E-state index is -3.82. The van der Waals surface area contributed by atoms with Gasteiger partial charge in [-0.1, -0.05) is 0 Å². The third kappa shape index (κ3) is 10.2. The van der Waals surface area contributed by atoms with Crippen LogP contribution >= 0.6 is 10.8 Å². The largest absolute Gasteiger partial charge is 0.319 e. The third-order valence-electron chi connectivity index (χ3n) is 1.23. The minimum Gasteiger partial charge on any atom is -0.309 e. The summed E-state index contributed by atoms with van der Waals surface area (Å²) in [7, 11) is 0.709. The van der Waals surface area contributed by atoms with Gasteiger partial charge in [0.05, 0.1) is 0 Å². The smallest absolute Gasteiger partial charge is 0.309 e. The maximum absolute atomic E-state index is 10.2. The second-order valence-electron chi connectivity index (χ2n) is 2.76. The number of hydrogen-bond donors (Lipinski definition) is 1. The molecule has 0 aliphatic heterocycles. The SMILES string of the molecule is CN(C)CCCCSS(=O)(=O)O. The Morgan fingerprint density at radius 2 is 1.92 bits per heavy atom. The van der Waals surface area contributed by atoms with Crippen LogP contribution in [-0.2, 0) is 9.15 Å². The molecular formula is C6H15NO3S2. The van der Waals surface area contributed by atoms with Crippen molar-refractivity contribution >= 4 is 19.9 Å². The summed E-state index contributed by atoms with van der Waals surface area (Å²) >= 11 is 0. The van der Waals surface area contributed by atoms with E-state index in [1.54, 1.807) is 0 Å². The normalized spacial score (nSPS) is 12.3. The summed E-state index contributed by atoms with van der Waals surface area (Å²) in [5.74, 6) is 0.465. The van der Waals surface area contributed by atoms with Crippen LogP contribution in [0.3, 0.4) is 0 Å². The lowest BCUT2D eigenvalue weighted by Gasteiger charge is -2.07. The Labute approximate surface area is 77.5 Å². The molecule has 0 aromatic heterocycles. The molecule has 0 atom stereocenters. The lowest BCUT2D eigenvalue weighted by atomic mass is 10.3. The average Bonchev–Trinajstić information content (AvgIpc) is 1.83. The molecule has 0 aliphatic rings. The minimum absolute atomic E-state index is 0.465. The van der Waals surface area contributed by atoms with Crippen molar-refractivity contribution in [2.24, 2.45) is 0 Å². The molecule has 0 aliphatic carbocycles. The standard InChI is InChI=1S/C6H15NO3S2/c1-7(2)5-3-4-6-11-12(8,9)10/h3-6H2,1-2H3,(H,8,9,10). The third-order valence-corrected chi connectivity index (χ3v) is 3.38. The van der Waals surface area contributed by atoms with Crippen LogP contribution in [0, 0.1) is 0 Å². The van der Waals surface area contributed by atoms with Crippen molar-refractivity contribution in [1.82, 2.24) is 4.90 Å².